The average molecular weight is 330 g/mol. The van der Waals surface area contributed by atoms with Crippen LogP contribution in [-0.4, -0.2) is 58.6 Å². The van der Waals surface area contributed by atoms with Gasteiger partial charge in [0.25, 0.3) is 5.91 Å². The van der Waals surface area contributed by atoms with Crippen molar-refractivity contribution in [3.05, 3.63) is 29.1 Å². The number of fused-ring (bicyclic) bond motifs is 1. The lowest BCUT2D eigenvalue weighted by Crippen LogP contribution is -2.59. The van der Waals surface area contributed by atoms with Crippen molar-refractivity contribution in [1.82, 2.24) is 20.3 Å². The summed E-state index contributed by atoms with van der Waals surface area (Å²) in [5.41, 5.74) is 4.87. The highest BCUT2D eigenvalue weighted by molar-refractivity contribution is 5.93. The summed E-state index contributed by atoms with van der Waals surface area (Å²) in [5.74, 6) is -0.489. The van der Waals surface area contributed by atoms with E-state index < -0.39 is 5.91 Å². The van der Waals surface area contributed by atoms with Gasteiger partial charge in [0, 0.05) is 25.3 Å². The zero-order valence-electron chi connectivity index (χ0n) is 14.3. The fraction of sp³-hybridized carbons (Fsp3) is 0.667. The second-order valence-corrected chi connectivity index (χ2v) is 7.71. The van der Waals surface area contributed by atoms with E-state index in [9.17, 15) is 4.79 Å². The molecule has 1 aliphatic carbocycles. The van der Waals surface area contributed by atoms with E-state index >= 15 is 0 Å². The molecule has 1 saturated heterocycles. The number of pyridine rings is 1. The quantitative estimate of drug-likeness (QED) is 0.634. The molecule has 2 N–H and O–H groups in total. The molecule has 2 fully saturated rings. The molecule has 0 bridgehead atoms. The van der Waals surface area contributed by atoms with Gasteiger partial charge in [-0.25, -0.2) is 5.48 Å². The number of piperidine rings is 1. The third-order valence-electron chi connectivity index (χ3n) is 6.49. The number of likely N-dealkylation sites (tertiary alicyclic amines) is 1. The molecule has 1 aromatic rings. The maximum Gasteiger partial charge on any atom is 0.276 e. The zero-order chi connectivity index (χ0) is 16.7. The van der Waals surface area contributed by atoms with Crippen LogP contribution in [-0.2, 0) is 13.0 Å². The van der Waals surface area contributed by atoms with Gasteiger partial charge in [0.15, 0.2) is 0 Å². The van der Waals surface area contributed by atoms with Crippen molar-refractivity contribution < 1.29 is 10.0 Å². The minimum atomic E-state index is -0.489. The van der Waals surface area contributed by atoms with Crippen LogP contribution in [0.25, 0.3) is 0 Å². The molecule has 1 spiro atoms. The van der Waals surface area contributed by atoms with Gasteiger partial charge in [0.2, 0.25) is 0 Å². The number of nitrogens with one attached hydrogen (secondary N) is 1. The number of rotatable bonds is 2. The van der Waals surface area contributed by atoms with Gasteiger partial charge >= 0.3 is 0 Å². The van der Waals surface area contributed by atoms with Gasteiger partial charge in [-0.2, -0.15) is 0 Å². The van der Waals surface area contributed by atoms with Crippen LogP contribution in [0, 0.1) is 5.41 Å². The number of hydrogen-bond acceptors (Lipinski definition) is 5. The number of carbonyl (C=O) groups is 1. The molecule has 1 atom stereocenters. The Bertz CT molecular complexity index is 640. The van der Waals surface area contributed by atoms with E-state index in [-0.39, 0.29) is 0 Å². The minimum Gasteiger partial charge on any atom is -0.306 e. The van der Waals surface area contributed by atoms with Crippen molar-refractivity contribution in [1.29, 1.82) is 0 Å². The highest BCUT2D eigenvalue weighted by Gasteiger charge is 2.50. The van der Waals surface area contributed by atoms with Crippen molar-refractivity contribution in [3.8, 4) is 0 Å². The Morgan fingerprint density at radius 1 is 1.33 bits per heavy atom. The van der Waals surface area contributed by atoms with E-state index in [1.165, 1.54) is 38.8 Å². The van der Waals surface area contributed by atoms with Crippen LogP contribution < -0.4 is 5.48 Å². The van der Waals surface area contributed by atoms with Gasteiger partial charge in [0.05, 0.1) is 11.3 Å². The van der Waals surface area contributed by atoms with Crippen LogP contribution >= 0.6 is 0 Å². The smallest absolute Gasteiger partial charge is 0.276 e. The van der Waals surface area contributed by atoms with E-state index in [4.69, 9.17) is 5.21 Å². The molecule has 0 aromatic carbocycles. The molecular formula is C18H26N4O2. The minimum absolute atomic E-state index is 0.431. The second kappa shape index (κ2) is 6.10. The summed E-state index contributed by atoms with van der Waals surface area (Å²) in [7, 11) is 2.22. The molecular weight excluding hydrogens is 304 g/mol. The molecule has 130 valence electrons. The Morgan fingerprint density at radius 2 is 2.12 bits per heavy atom. The zero-order valence-corrected chi connectivity index (χ0v) is 14.3. The Morgan fingerprint density at radius 3 is 2.79 bits per heavy atom. The van der Waals surface area contributed by atoms with E-state index in [2.05, 4.69) is 21.8 Å². The van der Waals surface area contributed by atoms with Gasteiger partial charge in [-0.15, -0.1) is 0 Å². The molecule has 3 aliphatic rings. The first kappa shape index (κ1) is 16.0. The molecule has 1 unspecified atom stereocenters. The summed E-state index contributed by atoms with van der Waals surface area (Å²) in [6.45, 7) is 4.37. The molecule has 1 amide bonds. The van der Waals surface area contributed by atoms with Crippen molar-refractivity contribution >= 4 is 5.91 Å². The van der Waals surface area contributed by atoms with Crippen LogP contribution in [0.5, 0.6) is 0 Å². The largest absolute Gasteiger partial charge is 0.306 e. The number of aromatic nitrogens is 1. The van der Waals surface area contributed by atoms with Crippen LogP contribution in [0.3, 0.4) is 0 Å². The highest BCUT2D eigenvalue weighted by Crippen LogP contribution is 2.52. The Hall–Kier alpha value is -1.50. The molecule has 0 radical (unpaired) electrons. The molecule has 2 aliphatic heterocycles. The Balaban J connectivity index is 1.48. The first-order chi connectivity index (χ1) is 11.6. The van der Waals surface area contributed by atoms with Gasteiger partial charge in [0.1, 0.15) is 0 Å². The van der Waals surface area contributed by atoms with Gasteiger partial charge in [-0.05, 0) is 69.3 Å². The fourth-order valence-corrected chi connectivity index (χ4v) is 4.79. The fourth-order valence-electron chi connectivity index (χ4n) is 4.79. The highest BCUT2D eigenvalue weighted by atomic mass is 16.5. The normalized spacial score (nSPS) is 26.7. The third kappa shape index (κ3) is 2.62. The molecule has 3 heterocycles. The monoisotopic (exact) mass is 330 g/mol. The van der Waals surface area contributed by atoms with Crippen molar-refractivity contribution in [2.24, 2.45) is 5.41 Å². The Labute approximate surface area is 142 Å². The summed E-state index contributed by atoms with van der Waals surface area (Å²) >= 11 is 0. The van der Waals surface area contributed by atoms with Gasteiger partial charge in [-0.1, -0.05) is 0 Å². The summed E-state index contributed by atoms with van der Waals surface area (Å²) in [6.07, 6.45) is 7.82. The lowest BCUT2D eigenvalue weighted by atomic mass is 9.58. The lowest BCUT2D eigenvalue weighted by molar-refractivity contribution is -0.0706. The number of hydrogen-bond donors (Lipinski definition) is 2. The number of hydroxylamine groups is 1. The van der Waals surface area contributed by atoms with E-state index in [1.807, 2.05) is 6.07 Å². The summed E-state index contributed by atoms with van der Waals surface area (Å²) in [5, 5.41) is 8.77. The van der Waals surface area contributed by atoms with Crippen molar-refractivity contribution in [3.63, 3.8) is 0 Å². The second-order valence-electron chi connectivity index (χ2n) is 7.71. The lowest BCUT2D eigenvalue weighted by Gasteiger charge is -2.58. The van der Waals surface area contributed by atoms with Crippen LogP contribution in [0.1, 0.15) is 47.3 Å². The Kier molecular flexibility index (Phi) is 4.06. The van der Waals surface area contributed by atoms with Crippen LogP contribution in [0.4, 0.5) is 0 Å². The van der Waals surface area contributed by atoms with Gasteiger partial charge in [-0.3, -0.25) is 19.9 Å². The summed E-state index contributed by atoms with van der Waals surface area (Å²) < 4.78 is 0. The molecule has 1 aromatic heterocycles. The molecule has 6 heteroatoms. The topological polar surface area (TPSA) is 68.7 Å². The van der Waals surface area contributed by atoms with E-state index in [1.54, 1.807) is 11.7 Å². The maximum absolute atomic E-state index is 11.5. The number of amides is 1. The summed E-state index contributed by atoms with van der Waals surface area (Å²) in [6, 6.07) is 2.57. The van der Waals surface area contributed by atoms with E-state index in [0.717, 1.165) is 30.8 Å². The van der Waals surface area contributed by atoms with Crippen LogP contribution in [0.15, 0.2) is 12.3 Å². The molecule has 24 heavy (non-hydrogen) atoms. The number of nitrogens with zero attached hydrogens (tertiary/aromatic N) is 3. The molecule has 4 rings (SSSR count). The predicted molar refractivity (Wildman–Crippen MR) is 89.8 cm³/mol. The van der Waals surface area contributed by atoms with E-state index in [0.29, 0.717) is 17.0 Å². The molecule has 6 nitrogen and oxygen atoms in total. The van der Waals surface area contributed by atoms with Crippen molar-refractivity contribution in [2.45, 2.75) is 44.7 Å². The van der Waals surface area contributed by atoms with Crippen molar-refractivity contribution in [2.75, 3.05) is 26.7 Å². The number of carbonyl (C=O) groups excluding carboxylic acids is 1. The maximum atomic E-state index is 11.5. The van der Waals surface area contributed by atoms with Crippen LogP contribution in [0.2, 0.25) is 0 Å². The standard InChI is InChI=1S/C18H26N4O2/c1-21-8-5-18(6-9-21)4-2-16(18)22-7-3-13-10-14(17(23)20-24)11-19-15(13)12-22/h10-11,16,24H,2-9,12H2,1H3,(H,20,23). The average Bonchev–Trinajstić information content (AvgIpc) is 2.60. The molecule has 1 saturated carbocycles. The SMILES string of the molecule is CN1CCC2(CCC2N2CCc3cc(C(=O)NO)cnc3C2)CC1. The first-order valence-corrected chi connectivity index (χ1v) is 8.96. The predicted octanol–water partition coefficient (Wildman–Crippen LogP) is 1.43. The third-order valence-corrected chi connectivity index (χ3v) is 6.49. The van der Waals surface area contributed by atoms with Gasteiger partial charge < -0.3 is 4.90 Å². The summed E-state index contributed by atoms with van der Waals surface area (Å²) in [4.78, 5) is 21.1. The first-order valence-electron chi connectivity index (χ1n) is 8.96.